The van der Waals surface area contributed by atoms with Gasteiger partial charge in [-0.3, -0.25) is 0 Å². The van der Waals surface area contributed by atoms with Crippen LogP contribution in [0, 0.1) is 0 Å². The fourth-order valence-corrected chi connectivity index (χ4v) is 1.63. The number of ether oxygens (including phenoxy) is 1. The van der Waals surface area contributed by atoms with Gasteiger partial charge < -0.3 is 14.5 Å². The molecule has 1 radical (unpaired) electrons. The molecule has 0 aliphatic heterocycles. The van der Waals surface area contributed by atoms with E-state index < -0.39 is 12.1 Å². The molecule has 0 aliphatic rings. The predicted octanol–water partition coefficient (Wildman–Crippen LogP) is 1.46. The number of nitrogens with one attached hydrogen (secondary N) is 1. The summed E-state index contributed by atoms with van der Waals surface area (Å²) < 4.78 is 4.99. The smallest absolute Gasteiger partial charge is 0.430 e. The zero-order valence-corrected chi connectivity index (χ0v) is 10.7. The van der Waals surface area contributed by atoms with Gasteiger partial charge >= 0.3 is 6.09 Å². The molecule has 1 amide bonds. The van der Waals surface area contributed by atoms with Gasteiger partial charge in [0.15, 0.2) is 0 Å². The topological polar surface area (TPSA) is 86.2 Å². The van der Waals surface area contributed by atoms with E-state index in [0.717, 1.165) is 5.56 Å². The van der Waals surface area contributed by atoms with Crippen LogP contribution in [0.2, 0.25) is 0 Å². The third-order valence-corrected chi connectivity index (χ3v) is 2.61. The summed E-state index contributed by atoms with van der Waals surface area (Å²) in [5.74, 6) is 0. The lowest BCUT2D eigenvalue weighted by molar-refractivity contribution is -0.109. The maximum Gasteiger partial charge on any atom is 0.430 e. The van der Waals surface area contributed by atoms with Crippen molar-refractivity contribution in [1.29, 1.82) is 0 Å². The summed E-state index contributed by atoms with van der Waals surface area (Å²) in [7, 11) is 0. The number of rotatable bonds is 6. The number of nitrogens with zero attached hydrogens (tertiary/aromatic N) is 2. The first kappa shape index (κ1) is 13.8. The quantitative estimate of drug-likeness (QED) is 0.806. The van der Waals surface area contributed by atoms with E-state index in [1.54, 1.807) is 6.20 Å². The number of aromatic amines is 1. The van der Waals surface area contributed by atoms with Crippen molar-refractivity contribution in [3.05, 3.63) is 54.1 Å². The Labute approximate surface area is 116 Å². The summed E-state index contributed by atoms with van der Waals surface area (Å²) in [6, 6.07) is 8.49. The summed E-state index contributed by atoms with van der Waals surface area (Å²) in [6.45, 7) is 0.136. The van der Waals surface area contributed by atoms with Crippen LogP contribution in [-0.4, -0.2) is 28.4 Å². The Morgan fingerprint density at radius 2 is 2.20 bits per heavy atom. The molecule has 1 atom stereocenters. The van der Waals surface area contributed by atoms with Gasteiger partial charge in [0.05, 0.1) is 12.0 Å². The normalized spacial score (nSPS) is 11.6. The highest BCUT2D eigenvalue weighted by Crippen LogP contribution is 2.02. The Morgan fingerprint density at radius 3 is 2.85 bits per heavy atom. The van der Waals surface area contributed by atoms with Crippen molar-refractivity contribution < 1.29 is 14.3 Å². The number of hydrogen-bond donors (Lipinski definition) is 1. The van der Waals surface area contributed by atoms with Crippen LogP contribution < -0.4 is 5.32 Å². The molecule has 6 heteroatoms. The average Bonchev–Trinajstić information content (AvgIpc) is 2.98. The van der Waals surface area contributed by atoms with Gasteiger partial charge in [-0.2, -0.15) is 0 Å². The number of amides is 1. The van der Waals surface area contributed by atoms with Gasteiger partial charge in [-0.25, -0.2) is 15.1 Å². The number of H-pyrrole nitrogens is 1. The van der Waals surface area contributed by atoms with Gasteiger partial charge in [-0.1, -0.05) is 30.3 Å². The molecular weight excluding hydrogens is 258 g/mol. The van der Waals surface area contributed by atoms with Crippen LogP contribution in [0.25, 0.3) is 0 Å². The van der Waals surface area contributed by atoms with Crippen LogP contribution in [0.1, 0.15) is 11.3 Å². The van der Waals surface area contributed by atoms with Crippen LogP contribution in [0.4, 0.5) is 4.79 Å². The van der Waals surface area contributed by atoms with E-state index in [2.05, 4.69) is 15.3 Å². The largest absolute Gasteiger partial charge is 0.443 e. The maximum atomic E-state index is 11.5. The van der Waals surface area contributed by atoms with Gasteiger partial charge in [-0.05, 0) is 5.56 Å². The number of benzene rings is 1. The minimum Gasteiger partial charge on any atom is -0.443 e. The van der Waals surface area contributed by atoms with E-state index in [0.29, 0.717) is 12.0 Å². The van der Waals surface area contributed by atoms with Crippen LogP contribution >= 0.6 is 0 Å². The number of hydrogen-bond acceptors (Lipinski definition) is 4. The van der Waals surface area contributed by atoms with E-state index in [-0.39, 0.29) is 13.0 Å². The van der Waals surface area contributed by atoms with Crippen molar-refractivity contribution in [2.75, 3.05) is 0 Å². The number of imidazole rings is 1. The highest BCUT2D eigenvalue weighted by atomic mass is 16.5. The number of aldehydes is 1. The van der Waals surface area contributed by atoms with Gasteiger partial charge in [-0.15, -0.1) is 0 Å². The predicted molar refractivity (Wildman–Crippen MR) is 70.9 cm³/mol. The summed E-state index contributed by atoms with van der Waals surface area (Å²) >= 11 is 0. The van der Waals surface area contributed by atoms with Gasteiger partial charge in [0.1, 0.15) is 18.9 Å². The van der Waals surface area contributed by atoms with E-state index in [1.807, 2.05) is 30.3 Å². The standard InChI is InChI=1S/C14H14N3O3/c18-8-13(6-12-7-15-10-16-12)17-14(19)20-9-11-4-2-1-3-5-11/h1-5,7-8,10,13H,6,9H2,(H,15,16)/t13-/m0/s1. The van der Waals surface area contributed by atoms with Crippen molar-refractivity contribution in [1.82, 2.24) is 15.3 Å². The molecule has 0 saturated heterocycles. The summed E-state index contributed by atoms with van der Waals surface area (Å²) in [5.41, 5.74) is 1.53. The molecule has 1 aromatic carbocycles. The average molecular weight is 272 g/mol. The number of carbonyl (C=O) groups is 2. The lowest BCUT2D eigenvalue weighted by atomic mass is 10.2. The second-order valence-electron chi connectivity index (χ2n) is 4.14. The molecule has 6 nitrogen and oxygen atoms in total. The Kier molecular flexibility index (Phi) is 4.88. The van der Waals surface area contributed by atoms with Crippen LogP contribution in [-0.2, 0) is 22.6 Å². The molecular formula is C14H14N3O3. The maximum absolute atomic E-state index is 11.5. The summed E-state index contributed by atoms with van der Waals surface area (Å²) in [4.78, 5) is 29.2. The van der Waals surface area contributed by atoms with E-state index in [9.17, 15) is 9.59 Å². The van der Waals surface area contributed by atoms with Crippen LogP contribution in [0.5, 0.6) is 0 Å². The second kappa shape index (κ2) is 7.08. The molecule has 0 unspecified atom stereocenters. The molecule has 0 bridgehead atoms. The third kappa shape index (κ3) is 4.24. The second-order valence-corrected chi connectivity index (χ2v) is 4.14. The van der Waals surface area contributed by atoms with Gasteiger partial charge in [0.25, 0.3) is 0 Å². The molecule has 2 aromatic rings. The Hall–Kier alpha value is -2.63. The molecule has 103 valence electrons. The van der Waals surface area contributed by atoms with Crippen LogP contribution in [0.15, 0.2) is 42.9 Å². The molecule has 0 fully saturated rings. The third-order valence-electron chi connectivity index (χ3n) is 2.61. The zero-order valence-electron chi connectivity index (χ0n) is 10.7. The first-order chi connectivity index (χ1) is 9.78. The van der Waals surface area contributed by atoms with E-state index in [1.165, 1.54) is 6.33 Å². The van der Waals surface area contributed by atoms with Crippen molar-refractivity contribution in [2.45, 2.75) is 19.1 Å². The Morgan fingerprint density at radius 1 is 1.40 bits per heavy atom. The minimum absolute atomic E-state index is 0.136. The van der Waals surface area contributed by atoms with Gasteiger partial charge in [0.2, 0.25) is 0 Å². The highest BCUT2D eigenvalue weighted by molar-refractivity contribution is 5.72. The fourth-order valence-electron chi connectivity index (χ4n) is 1.63. The van der Waals surface area contributed by atoms with Crippen LogP contribution in [0.3, 0.4) is 0 Å². The summed E-state index contributed by atoms with van der Waals surface area (Å²) in [5, 5.41) is 3.70. The molecule has 2 rings (SSSR count). The first-order valence-electron chi connectivity index (χ1n) is 6.12. The molecule has 0 aliphatic carbocycles. The van der Waals surface area contributed by atoms with E-state index in [4.69, 9.17) is 4.74 Å². The monoisotopic (exact) mass is 272 g/mol. The molecule has 1 heterocycles. The fraction of sp³-hybridized carbons (Fsp3) is 0.214. The zero-order chi connectivity index (χ0) is 14.2. The van der Waals surface area contributed by atoms with Crippen molar-refractivity contribution in [3.8, 4) is 0 Å². The minimum atomic E-state index is -0.776. The first-order valence-corrected chi connectivity index (χ1v) is 6.12. The lowest BCUT2D eigenvalue weighted by Gasteiger charge is -2.09. The summed E-state index contributed by atoms with van der Waals surface area (Å²) in [6.07, 6.45) is 3.29. The lowest BCUT2D eigenvalue weighted by Crippen LogP contribution is -2.31. The molecule has 1 aromatic heterocycles. The Bertz CT molecular complexity index is 540. The number of aromatic nitrogens is 2. The molecule has 0 saturated carbocycles. The Balaban J connectivity index is 1.79. The molecule has 1 N–H and O–H groups in total. The molecule has 0 spiro atoms. The number of carbonyl (C=O) groups excluding carboxylic acids is 2. The van der Waals surface area contributed by atoms with Crippen molar-refractivity contribution in [2.24, 2.45) is 0 Å². The highest BCUT2D eigenvalue weighted by Gasteiger charge is 2.16. The molecule has 20 heavy (non-hydrogen) atoms. The van der Waals surface area contributed by atoms with Crippen molar-refractivity contribution in [3.63, 3.8) is 0 Å². The van der Waals surface area contributed by atoms with Gasteiger partial charge in [0, 0.05) is 12.6 Å². The van der Waals surface area contributed by atoms with E-state index >= 15 is 0 Å². The SMILES string of the molecule is O=C[C@H](Cc1c[nH]cn1)[N]C(=O)OCc1ccccc1. The van der Waals surface area contributed by atoms with Crippen molar-refractivity contribution >= 4 is 12.4 Å².